The molecule has 1 amide bonds. The monoisotopic (exact) mass is 287 g/mol. The number of H-pyrrole nitrogens is 1. The second-order valence-corrected chi connectivity index (χ2v) is 5.27. The van der Waals surface area contributed by atoms with Crippen LogP contribution in [0.25, 0.3) is 11.4 Å². The molecule has 3 N–H and O–H groups in total. The molecule has 2 atom stereocenters. The predicted molar refractivity (Wildman–Crippen MR) is 75.3 cm³/mol. The van der Waals surface area contributed by atoms with Gasteiger partial charge in [-0.25, -0.2) is 0 Å². The molecule has 1 aromatic heterocycles. The van der Waals surface area contributed by atoms with Gasteiger partial charge < -0.3 is 10.4 Å². The molecule has 0 spiro atoms. The Hall–Kier alpha value is -2.28. The van der Waals surface area contributed by atoms with E-state index in [-0.39, 0.29) is 24.5 Å². The van der Waals surface area contributed by atoms with Crippen molar-refractivity contribution < 1.29 is 9.90 Å². The zero-order chi connectivity index (χ0) is 14.7. The number of benzene rings is 1. The van der Waals surface area contributed by atoms with E-state index in [1.807, 2.05) is 0 Å². The molecule has 2 unspecified atom stereocenters. The van der Waals surface area contributed by atoms with Crippen LogP contribution in [0.4, 0.5) is 0 Å². The second kappa shape index (κ2) is 6.01. The summed E-state index contributed by atoms with van der Waals surface area (Å²) < 4.78 is 0. The molecular weight excluding hydrogens is 270 g/mol. The Morgan fingerprint density at radius 3 is 2.81 bits per heavy atom. The quantitative estimate of drug-likeness (QED) is 0.770. The predicted octanol–water partition coefficient (Wildman–Crippen LogP) is 0.757. The summed E-state index contributed by atoms with van der Waals surface area (Å²) in [4.78, 5) is 12.2. The maximum atomic E-state index is 12.2. The highest BCUT2D eigenvalue weighted by Crippen LogP contribution is 2.25. The number of aromatic amines is 1. The molecule has 1 aliphatic rings. The third-order valence-electron chi connectivity index (χ3n) is 3.96. The summed E-state index contributed by atoms with van der Waals surface area (Å²) in [6.07, 6.45) is 2.95. The zero-order valence-corrected chi connectivity index (χ0v) is 11.5. The van der Waals surface area contributed by atoms with Crippen molar-refractivity contribution in [2.45, 2.75) is 25.3 Å². The van der Waals surface area contributed by atoms with Gasteiger partial charge in [-0.3, -0.25) is 4.79 Å². The van der Waals surface area contributed by atoms with Crippen LogP contribution in [-0.4, -0.2) is 44.3 Å². The van der Waals surface area contributed by atoms with E-state index >= 15 is 0 Å². The molecule has 1 aromatic carbocycles. The summed E-state index contributed by atoms with van der Waals surface area (Å²) in [5, 5.41) is 26.0. The standard InChI is InChI=1S/C14H17N5O2/c20-8-11-2-1-3-12(11)15-14(21)10-6-4-9(5-7-10)13-16-18-19-17-13/h4-7,11-12,20H,1-3,8H2,(H,15,21)(H,16,17,18,19). The van der Waals surface area contributed by atoms with E-state index in [0.717, 1.165) is 24.8 Å². The molecule has 2 aromatic rings. The number of nitrogens with one attached hydrogen (secondary N) is 2. The third-order valence-corrected chi connectivity index (χ3v) is 3.96. The lowest BCUT2D eigenvalue weighted by molar-refractivity contribution is 0.0916. The number of aliphatic hydroxyl groups is 1. The van der Waals surface area contributed by atoms with E-state index in [0.29, 0.717) is 11.4 Å². The molecule has 21 heavy (non-hydrogen) atoms. The SMILES string of the molecule is O=C(NC1CCCC1CO)c1ccc(-c2nn[nH]n2)cc1. The Bertz CT molecular complexity index is 596. The fourth-order valence-electron chi connectivity index (χ4n) is 2.75. The van der Waals surface area contributed by atoms with Crippen LogP contribution in [0.2, 0.25) is 0 Å². The zero-order valence-electron chi connectivity index (χ0n) is 11.5. The van der Waals surface area contributed by atoms with Gasteiger partial charge in [-0.2, -0.15) is 5.21 Å². The van der Waals surface area contributed by atoms with Crippen LogP contribution in [0.3, 0.4) is 0 Å². The van der Waals surface area contributed by atoms with Crippen LogP contribution in [0.5, 0.6) is 0 Å². The fourth-order valence-corrected chi connectivity index (χ4v) is 2.75. The van der Waals surface area contributed by atoms with Gasteiger partial charge >= 0.3 is 0 Å². The molecule has 0 saturated heterocycles. The molecule has 0 bridgehead atoms. The molecule has 1 heterocycles. The van der Waals surface area contributed by atoms with Gasteiger partial charge in [0.1, 0.15) is 0 Å². The van der Waals surface area contributed by atoms with Crippen LogP contribution < -0.4 is 5.32 Å². The largest absolute Gasteiger partial charge is 0.396 e. The van der Waals surface area contributed by atoms with Crippen molar-refractivity contribution in [1.82, 2.24) is 25.9 Å². The van der Waals surface area contributed by atoms with Crippen LogP contribution in [0, 0.1) is 5.92 Å². The number of carbonyl (C=O) groups is 1. The molecule has 0 aliphatic heterocycles. The normalized spacial score (nSPS) is 21.4. The van der Waals surface area contributed by atoms with Crippen molar-refractivity contribution in [3.05, 3.63) is 29.8 Å². The summed E-state index contributed by atoms with van der Waals surface area (Å²) in [6, 6.07) is 7.13. The molecule has 0 radical (unpaired) electrons. The van der Waals surface area contributed by atoms with Crippen LogP contribution in [0.1, 0.15) is 29.6 Å². The lowest BCUT2D eigenvalue weighted by Crippen LogP contribution is -2.38. The number of aromatic nitrogens is 4. The highest BCUT2D eigenvalue weighted by atomic mass is 16.3. The van der Waals surface area contributed by atoms with Crippen molar-refractivity contribution in [2.75, 3.05) is 6.61 Å². The number of rotatable bonds is 4. The fraction of sp³-hybridized carbons (Fsp3) is 0.429. The summed E-state index contributed by atoms with van der Waals surface area (Å²) in [7, 11) is 0. The van der Waals surface area contributed by atoms with Crippen LogP contribution in [-0.2, 0) is 0 Å². The molecule has 7 nitrogen and oxygen atoms in total. The number of hydrogen-bond donors (Lipinski definition) is 3. The van der Waals surface area contributed by atoms with E-state index in [2.05, 4.69) is 25.9 Å². The number of tetrazole rings is 1. The minimum Gasteiger partial charge on any atom is -0.396 e. The molecule has 1 aliphatic carbocycles. The minimum absolute atomic E-state index is 0.0689. The van der Waals surface area contributed by atoms with Gasteiger partial charge in [0.05, 0.1) is 0 Å². The highest BCUT2D eigenvalue weighted by Gasteiger charge is 2.28. The van der Waals surface area contributed by atoms with Crippen molar-refractivity contribution in [1.29, 1.82) is 0 Å². The molecule has 7 heteroatoms. The number of amides is 1. The number of nitrogens with zero attached hydrogens (tertiary/aromatic N) is 3. The van der Waals surface area contributed by atoms with Crippen molar-refractivity contribution >= 4 is 5.91 Å². The molecule has 3 rings (SSSR count). The Kier molecular flexibility index (Phi) is 3.92. The smallest absolute Gasteiger partial charge is 0.251 e. The van der Waals surface area contributed by atoms with Gasteiger partial charge in [-0.05, 0) is 30.2 Å². The number of aliphatic hydroxyl groups excluding tert-OH is 1. The van der Waals surface area contributed by atoms with Crippen molar-refractivity contribution in [3.63, 3.8) is 0 Å². The Morgan fingerprint density at radius 1 is 1.33 bits per heavy atom. The molecule has 110 valence electrons. The van der Waals surface area contributed by atoms with Crippen molar-refractivity contribution in [2.24, 2.45) is 5.92 Å². The lowest BCUT2D eigenvalue weighted by Gasteiger charge is -2.19. The lowest BCUT2D eigenvalue weighted by atomic mass is 10.0. The third kappa shape index (κ3) is 2.92. The first-order chi connectivity index (χ1) is 10.3. The van der Waals surface area contributed by atoms with Gasteiger partial charge in [0, 0.05) is 29.7 Å². The maximum Gasteiger partial charge on any atom is 0.251 e. The van der Waals surface area contributed by atoms with E-state index < -0.39 is 0 Å². The van der Waals surface area contributed by atoms with Gasteiger partial charge in [-0.1, -0.05) is 18.6 Å². The minimum atomic E-state index is -0.111. The van der Waals surface area contributed by atoms with Gasteiger partial charge in [0.25, 0.3) is 5.91 Å². The first-order valence-corrected chi connectivity index (χ1v) is 7.03. The molecular formula is C14H17N5O2. The Morgan fingerprint density at radius 2 is 2.14 bits per heavy atom. The summed E-state index contributed by atoms with van der Waals surface area (Å²) in [5.41, 5.74) is 1.39. The summed E-state index contributed by atoms with van der Waals surface area (Å²) in [6.45, 7) is 0.127. The average molecular weight is 287 g/mol. The van der Waals surface area contributed by atoms with Gasteiger partial charge in [-0.15, -0.1) is 10.2 Å². The first-order valence-electron chi connectivity index (χ1n) is 7.03. The maximum absolute atomic E-state index is 12.2. The highest BCUT2D eigenvalue weighted by molar-refractivity contribution is 5.94. The summed E-state index contributed by atoms with van der Waals surface area (Å²) >= 11 is 0. The van der Waals surface area contributed by atoms with Gasteiger partial charge in [0.15, 0.2) is 0 Å². The van der Waals surface area contributed by atoms with E-state index in [9.17, 15) is 9.90 Å². The van der Waals surface area contributed by atoms with Crippen LogP contribution in [0.15, 0.2) is 24.3 Å². The summed E-state index contributed by atoms with van der Waals surface area (Å²) in [5.74, 6) is 0.561. The molecule has 1 saturated carbocycles. The van der Waals surface area contributed by atoms with E-state index in [1.54, 1.807) is 24.3 Å². The Labute approximate surface area is 121 Å². The second-order valence-electron chi connectivity index (χ2n) is 5.27. The molecule has 1 fully saturated rings. The van der Waals surface area contributed by atoms with Crippen LogP contribution >= 0.6 is 0 Å². The van der Waals surface area contributed by atoms with E-state index in [4.69, 9.17) is 0 Å². The Balaban J connectivity index is 1.68. The van der Waals surface area contributed by atoms with Gasteiger partial charge in [0.2, 0.25) is 5.82 Å². The van der Waals surface area contributed by atoms with E-state index in [1.165, 1.54) is 0 Å². The number of hydrogen-bond acceptors (Lipinski definition) is 5. The topological polar surface area (TPSA) is 104 Å². The average Bonchev–Trinajstić information content (AvgIpc) is 3.18. The number of carbonyl (C=O) groups excluding carboxylic acids is 1. The first kappa shape index (κ1) is 13.7. The van der Waals surface area contributed by atoms with Crippen molar-refractivity contribution in [3.8, 4) is 11.4 Å².